The molecule has 2 N–H and O–H groups in total. The van der Waals surface area contributed by atoms with Crippen LogP contribution in [-0.4, -0.2) is 24.8 Å². The summed E-state index contributed by atoms with van der Waals surface area (Å²) in [5.74, 6) is 0. The van der Waals surface area contributed by atoms with E-state index in [1.54, 1.807) is 0 Å². The van der Waals surface area contributed by atoms with Gasteiger partial charge in [0.05, 0.1) is 13.3 Å². The number of rotatable bonds is 1. The summed E-state index contributed by atoms with van der Waals surface area (Å²) in [6, 6.07) is 0. The second-order valence-electron chi connectivity index (χ2n) is 1.66. The van der Waals surface area contributed by atoms with Crippen molar-refractivity contribution in [3.8, 4) is 0 Å². The molecule has 0 aromatic heterocycles. The van der Waals surface area contributed by atoms with E-state index in [2.05, 4.69) is 22.7 Å². The first-order valence-electron chi connectivity index (χ1n) is 2.61. The summed E-state index contributed by atoms with van der Waals surface area (Å²) >= 11 is 0. The summed E-state index contributed by atoms with van der Waals surface area (Å²) in [5.41, 5.74) is 6.00. The molecule has 0 aliphatic carbocycles. The van der Waals surface area contributed by atoms with Crippen LogP contribution in [0.25, 0.3) is 0 Å². The second kappa shape index (κ2) is 2.26. The maximum Gasteiger partial charge on any atom is 0.0626 e. The molecule has 1 heterocycles. The average Bonchev–Trinajstić information content (AvgIpc) is 2.14. The van der Waals surface area contributed by atoms with Crippen molar-refractivity contribution in [2.45, 2.75) is 6.92 Å². The van der Waals surface area contributed by atoms with Gasteiger partial charge in [0.25, 0.3) is 0 Å². The van der Waals surface area contributed by atoms with Crippen LogP contribution in [0.15, 0.2) is 0 Å². The fourth-order valence-corrected chi connectivity index (χ4v) is 0.615. The third kappa shape index (κ3) is 1.12. The molecule has 1 aliphatic rings. The van der Waals surface area contributed by atoms with Gasteiger partial charge >= 0.3 is 0 Å². The summed E-state index contributed by atoms with van der Waals surface area (Å²) in [7, 11) is 0. The van der Waals surface area contributed by atoms with Gasteiger partial charge in [0, 0.05) is 0 Å². The SMILES string of the molecule is CCN1CNNC1. The molecule has 0 radical (unpaired) electrons. The van der Waals surface area contributed by atoms with Crippen molar-refractivity contribution >= 4 is 0 Å². The molecule has 0 spiro atoms. The smallest absolute Gasteiger partial charge is 0.0626 e. The van der Waals surface area contributed by atoms with Crippen LogP contribution < -0.4 is 10.9 Å². The molecule has 42 valence electrons. The molecule has 0 amide bonds. The Balaban J connectivity index is 2.14. The van der Waals surface area contributed by atoms with Gasteiger partial charge in [-0.25, -0.2) is 10.9 Å². The maximum absolute atomic E-state index is 3.00. The minimum atomic E-state index is 0.983. The molecular weight excluding hydrogens is 90.1 g/mol. The van der Waals surface area contributed by atoms with Crippen molar-refractivity contribution < 1.29 is 0 Å². The zero-order valence-electron chi connectivity index (χ0n) is 4.57. The third-order valence-corrected chi connectivity index (χ3v) is 1.18. The van der Waals surface area contributed by atoms with Gasteiger partial charge in [-0.3, -0.25) is 4.90 Å². The number of hydrazine groups is 1. The minimum Gasteiger partial charge on any atom is -0.276 e. The summed E-state index contributed by atoms with van der Waals surface area (Å²) in [6.07, 6.45) is 0. The van der Waals surface area contributed by atoms with E-state index in [-0.39, 0.29) is 0 Å². The topological polar surface area (TPSA) is 27.3 Å². The van der Waals surface area contributed by atoms with E-state index in [9.17, 15) is 0 Å². The van der Waals surface area contributed by atoms with Crippen LogP contribution in [-0.2, 0) is 0 Å². The monoisotopic (exact) mass is 101 g/mol. The Labute approximate surface area is 43.7 Å². The van der Waals surface area contributed by atoms with Crippen LogP contribution >= 0.6 is 0 Å². The Kier molecular flexibility index (Phi) is 1.62. The van der Waals surface area contributed by atoms with Gasteiger partial charge < -0.3 is 0 Å². The van der Waals surface area contributed by atoms with E-state index in [0.717, 1.165) is 19.9 Å². The van der Waals surface area contributed by atoms with Gasteiger partial charge in [-0.2, -0.15) is 0 Å². The molecule has 0 aromatic rings. The summed E-state index contributed by atoms with van der Waals surface area (Å²) < 4.78 is 0. The maximum atomic E-state index is 3.00. The van der Waals surface area contributed by atoms with Gasteiger partial charge in [-0.15, -0.1) is 0 Å². The van der Waals surface area contributed by atoms with Gasteiger partial charge in [-0.1, -0.05) is 6.92 Å². The van der Waals surface area contributed by atoms with Crippen molar-refractivity contribution in [1.29, 1.82) is 0 Å². The first-order valence-corrected chi connectivity index (χ1v) is 2.61. The molecule has 7 heavy (non-hydrogen) atoms. The number of hydrogen-bond acceptors (Lipinski definition) is 3. The molecule has 1 rings (SSSR count). The summed E-state index contributed by atoms with van der Waals surface area (Å²) in [6.45, 7) is 5.24. The average molecular weight is 101 g/mol. The van der Waals surface area contributed by atoms with Crippen molar-refractivity contribution in [3.05, 3.63) is 0 Å². The Morgan fingerprint density at radius 3 is 2.29 bits per heavy atom. The quantitative estimate of drug-likeness (QED) is 0.459. The van der Waals surface area contributed by atoms with Crippen molar-refractivity contribution in [2.24, 2.45) is 0 Å². The lowest BCUT2D eigenvalue weighted by Gasteiger charge is -2.05. The highest BCUT2D eigenvalue weighted by Crippen LogP contribution is 1.83. The van der Waals surface area contributed by atoms with Gasteiger partial charge in [-0.05, 0) is 6.54 Å². The Morgan fingerprint density at radius 1 is 1.43 bits per heavy atom. The van der Waals surface area contributed by atoms with E-state index >= 15 is 0 Å². The van der Waals surface area contributed by atoms with Crippen molar-refractivity contribution in [3.63, 3.8) is 0 Å². The van der Waals surface area contributed by atoms with Crippen LogP contribution in [0, 0.1) is 0 Å². The lowest BCUT2D eigenvalue weighted by Crippen LogP contribution is -2.21. The van der Waals surface area contributed by atoms with E-state index in [1.165, 1.54) is 0 Å². The molecule has 0 atom stereocenters. The molecule has 0 aromatic carbocycles. The molecule has 1 saturated heterocycles. The molecular formula is C4H11N3. The number of hydrogen-bond donors (Lipinski definition) is 2. The summed E-state index contributed by atoms with van der Waals surface area (Å²) in [4.78, 5) is 2.26. The van der Waals surface area contributed by atoms with Crippen molar-refractivity contribution in [1.82, 2.24) is 15.8 Å². The highest BCUT2D eigenvalue weighted by molar-refractivity contribution is 4.54. The highest BCUT2D eigenvalue weighted by Gasteiger charge is 2.04. The minimum absolute atomic E-state index is 0.983. The third-order valence-electron chi connectivity index (χ3n) is 1.18. The van der Waals surface area contributed by atoms with E-state index in [1.807, 2.05) is 0 Å². The van der Waals surface area contributed by atoms with E-state index in [4.69, 9.17) is 0 Å². The number of nitrogens with one attached hydrogen (secondary N) is 2. The van der Waals surface area contributed by atoms with Gasteiger partial charge in [0.15, 0.2) is 0 Å². The zero-order chi connectivity index (χ0) is 5.11. The lowest BCUT2D eigenvalue weighted by molar-refractivity contribution is 0.349. The first kappa shape index (κ1) is 5.03. The predicted octanol–water partition coefficient (Wildman–Crippen LogP) is -0.669. The second-order valence-corrected chi connectivity index (χ2v) is 1.66. The summed E-state index contributed by atoms with van der Waals surface area (Å²) in [5, 5.41) is 0. The van der Waals surface area contributed by atoms with Crippen LogP contribution in [0.3, 0.4) is 0 Å². The molecule has 1 fully saturated rings. The van der Waals surface area contributed by atoms with Crippen LogP contribution in [0.5, 0.6) is 0 Å². The van der Waals surface area contributed by atoms with Gasteiger partial charge in [0.2, 0.25) is 0 Å². The molecule has 0 bridgehead atoms. The van der Waals surface area contributed by atoms with Crippen LogP contribution in [0.1, 0.15) is 6.92 Å². The molecule has 0 unspecified atom stereocenters. The normalized spacial score (nSPS) is 23.6. The Bertz CT molecular complexity index is 48.9. The van der Waals surface area contributed by atoms with Crippen LogP contribution in [0.4, 0.5) is 0 Å². The molecule has 1 aliphatic heterocycles. The number of nitrogens with zero attached hydrogens (tertiary/aromatic N) is 1. The van der Waals surface area contributed by atoms with E-state index in [0.29, 0.717) is 0 Å². The molecule has 3 heteroatoms. The van der Waals surface area contributed by atoms with E-state index < -0.39 is 0 Å². The lowest BCUT2D eigenvalue weighted by atomic mass is 10.6. The fraction of sp³-hybridized carbons (Fsp3) is 1.00. The van der Waals surface area contributed by atoms with Gasteiger partial charge in [0.1, 0.15) is 0 Å². The highest BCUT2D eigenvalue weighted by atomic mass is 15.5. The largest absolute Gasteiger partial charge is 0.276 e. The van der Waals surface area contributed by atoms with Crippen LogP contribution in [0.2, 0.25) is 0 Å². The fourth-order valence-electron chi connectivity index (χ4n) is 0.615. The Morgan fingerprint density at radius 2 is 2.00 bits per heavy atom. The molecule has 3 nitrogen and oxygen atoms in total. The zero-order valence-corrected chi connectivity index (χ0v) is 4.57. The first-order chi connectivity index (χ1) is 3.43. The molecule has 0 saturated carbocycles. The van der Waals surface area contributed by atoms with Crippen molar-refractivity contribution in [2.75, 3.05) is 19.9 Å². The predicted molar refractivity (Wildman–Crippen MR) is 28.4 cm³/mol. The Hall–Kier alpha value is -0.120. The standard InChI is InChI=1S/C4H11N3/c1-2-7-3-5-6-4-7/h5-6H,2-4H2,1H3.